The summed E-state index contributed by atoms with van der Waals surface area (Å²) in [6.07, 6.45) is 0.632. The maximum Gasteiger partial charge on any atom is 0.189 e. The standard InChI is InChI=1S/C23H16F2O4/c24-14-5-7-16(19(25)10-14)22-17(23(29)13-2-1-3-15(26)8-13)6-4-12-9-20(27)21(28)11-18(12)22/h1-3,5,7-11,26-28H,4,6H2. The summed E-state index contributed by atoms with van der Waals surface area (Å²) in [5, 5.41) is 29.5. The molecule has 0 saturated heterocycles. The van der Waals surface area contributed by atoms with Crippen molar-refractivity contribution >= 4 is 11.4 Å². The van der Waals surface area contributed by atoms with Gasteiger partial charge in [0, 0.05) is 22.8 Å². The van der Waals surface area contributed by atoms with Gasteiger partial charge >= 0.3 is 0 Å². The number of fused-ring (bicyclic) bond motifs is 1. The first kappa shape index (κ1) is 18.7. The van der Waals surface area contributed by atoms with E-state index in [-0.39, 0.29) is 40.2 Å². The number of phenols is 3. The lowest BCUT2D eigenvalue weighted by molar-refractivity contribution is 0.103. The summed E-state index contributed by atoms with van der Waals surface area (Å²) < 4.78 is 28.1. The minimum atomic E-state index is -0.846. The first-order chi connectivity index (χ1) is 13.8. The zero-order chi connectivity index (χ0) is 20.7. The molecule has 0 amide bonds. The van der Waals surface area contributed by atoms with Crippen LogP contribution >= 0.6 is 0 Å². The van der Waals surface area contributed by atoms with Gasteiger partial charge in [0.2, 0.25) is 0 Å². The number of carbonyl (C=O) groups excluding carboxylic acids is 1. The number of aryl methyl sites for hydroxylation is 1. The number of phenolic OH excluding ortho intramolecular Hbond substituents is 3. The number of allylic oxidation sites excluding steroid dienone is 1. The SMILES string of the molecule is O=C(C1=C(c2ccc(F)cc2F)c2cc(O)c(O)cc2CC1)c1cccc(O)c1. The number of aromatic hydroxyl groups is 3. The lowest BCUT2D eigenvalue weighted by Gasteiger charge is -2.24. The number of hydrogen-bond donors (Lipinski definition) is 3. The summed E-state index contributed by atoms with van der Waals surface area (Å²) >= 11 is 0. The highest BCUT2D eigenvalue weighted by atomic mass is 19.1. The average molecular weight is 394 g/mol. The van der Waals surface area contributed by atoms with Crippen molar-refractivity contribution in [3.8, 4) is 17.2 Å². The zero-order valence-electron chi connectivity index (χ0n) is 15.1. The average Bonchev–Trinajstić information content (AvgIpc) is 2.68. The van der Waals surface area contributed by atoms with Crippen LogP contribution < -0.4 is 0 Å². The van der Waals surface area contributed by atoms with Crippen LogP contribution in [0.15, 0.2) is 60.2 Å². The zero-order valence-corrected chi connectivity index (χ0v) is 15.1. The molecule has 6 heteroatoms. The number of hydrogen-bond acceptors (Lipinski definition) is 4. The van der Waals surface area contributed by atoms with Crippen LogP contribution in [0.25, 0.3) is 5.57 Å². The van der Waals surface area contributed by atoms with Gasteiger partial charge in [0.05, 0.1) is 0 Å². The van der Waals surface area contributed by atoms with Crippen LogP contribution in [-0.2, 0) is 6.42 Å². The van der Waals surface area contributed by atoms with Gasteiger partial charge in [-0.2, -0.15) is 0 Å². The Kier molecular flexibility index (Phi) is 4.54. The van der Waals surface area contributed by atoms with Gasteiger partial charge in [-0.3, -0.25) is 4.79 Å². The van der Waals surface area contributed by atoms with E-state index >= 15 is 0 Å². The van der Waals surface area contributed by atoms with E-state index in [0.717, 1.165) is 12.1 Å². The van der Waals surface area contributed by atoms with Gasteiger partial charge in [-0.25, -0.2) is 8.78 Å². The molecule has 0 spiro atoms. The van der Waals surface area contributed by atoms with Crippen LogP contribution in [0.3, 0.4) is 0 Å². The molecule has 3 N–H and O–H groups in total. The van der Waals surface area contributed by atoms with Crippen molar-refractivity contribution in [1.82, 2.24) is 0 Å². The van der Waals surface area contributed by atoms with Gasteiger partial charge in [0.1, 0.15) is 17.4 Å². The van der Waals surface area contributed by atoms with E-state index in [1.807, 2.05) is 0 Å². The molecule has 3 aromatic carbocycles. The Labute approximate surface area is 165 Å². The maximum absolute atomic E-state index is 14.7. The fraction of sp³-hybridized carbons (Fsp3) is 0.0870. The molecule has 0 bridgehead atoms. The number of ketones is 1. The quantitative estimate of drug-likeness (QED) is 0.444. The molecule has 1 aliphatic rings. The van der Waals surface area contributed by atoms with E-state index in [1.54, 1.807) is 0 Å². The largest absolute Gasteiger partial charge is 0.508 e. The molecule has 0 aliphatic heterocycles. The Hall–Kier alpha value is -3.67. The van der Waals surface area contributed by atoms with Gasteiger partial charge in [-0.1, -0.05) is 12.1 Å². The van der Waals surface area contributed by atoms with Gasteiger partial charge in [0.25, 0.3) is 0 Å². The molecular formula is C23H16F2O4. The Balaban J connectivity index is 2.00. The van der Waals surface area contributed by atoms with E-state index < -0.39 is 23.2 Å². The van der Waals surface area contributed by atoms with Gasteiger partial charge in [0.15, 0.2) is 17.3 Å². The Morgan fingerprint density at radius 3 is 2.31 bits per heavy atom. The van der Waals surface area contributed by atoms with Crippen molar-refractivity contribution in [2.45, 2.75) is 12.8 Å². The number of Topliss-reactive ketones (excluding diaryl/α,β-unsaturated/α-hetero) is 1. The molecule has 3 aromatic rings. The molecule has 0 atom stereocenters. The topological polar surface area (TPSA) is 77.8 Å². The molecule has 0 heterocycles. The third-order valence-electron chi connectivity index (χ3n) is 5.00. The third-order valence-corrected chi connectivity index (χ3v) is 5.00. The molecule has 146 valence electrons. The van der Waals surface area contributed by atoms with Crippen molar-refractivity contribution in [3.05, 3.63) is 94.1 Å². The lowest BCUT2D eigenvalue weighted by Crippen LogP contribution is -2.14. The van der Waals surface area contributed by atoms with E-state index in [0.29, 0.717) is 17.5 Å². The van der Waals surface area contributed by atoms with E-state index in [9.17, 15) is 28.9 Å². The Morgan fingerprint density at radius 1 is 0.828 bits per heavy atom. The highest BCUT2D eigenvalue weighted by Crippen LogP contribution is 2.42. The molecule has 1 aliphatic carbocycles. The smallest absolute Gasteiger partial charge is 0.189 e. The van der Waals surface area contributed by atoms with Crippen LogP contribution in [0.1, 0.15) is 33.5 Å². The summed E-state index contributed by atoms with van der Waals surface area (Å²) in [5.74, 6) is -2.80. The van der Waals surface area contributed by atoms with Crippen molar-refractivity contribution in [3.63, 3.8) is 0 Å². The van der Waals surface area contributed by atoms with E-state index in [4.69, 9.17) is 0 Å². The maximum atomic E-state index is 14.7. The van der Waals surface area contributed by atoms with Gasteiger partial charge < -0.3 is 15.3 Å². The molecule has 0 radical (unpaired) electrons. The van der Waals surface area contributed by atoms with Crippen molar-refractivity contribution in [1.29, 1.82) is 0 Å². The number of halogens is 2. The summed E-state index contributed by atoms with van der Waals surface area (Å²) in [6.45, 7) is 0. The molecule has 0 saturated carbocycles. The van der Waals surface area contributed by atoms with Crippen LogP contribution in [0, 0.1) is 11.6 Å². The fourth-order valence-electron chi connectivity index (χ4n) is 3.66. The molecular weight excluding hydrogens is 378 g/mol. The van der Waals surface area contributed by atoms with Crippen molar-refractivity contribution in [2.24, 2.45) is 0 Å². The molecule has 4 rings (SSSR count). The summed E-state index contributed by atoms with van der Waals surface area (Å²) in [7, 11) is 0. The van der Waals surface area contributed by atoms with Crippen LogP contribution in [0.4, 0.5) is 8.78 Å². The summed E-state index contributed by atoms with van der Waals surface area (Å²) in [5.41, 5.74) is 1.77. The molecule has 0 fully saturated rings. The van der Waals surface area contributed by atoms with Crippen LogP contribution in [0.5, 0.6) is 17.2 Å². The second kappa shape index (κ2) is 7.05. The number of rotatable bonds is 3. The summed E-state index contributed by atoms with van der Waals surface area (Å²) in [6, 6.07) is 11.5. The Bertz CT molecular complexity index is 1180. The normalized spacial score (nSPS) is 13.3. The minimum absolute atomic E-state index is 0.0148. The molecule has 29 heavy (non-hydrogen) atoms. The second-order valence-electron chi connectivity index (χ2n) is 6.86. The van der Waals surface area contributed by atoms with Crippen LogP contribution in [0.2, 0.25) is 0 Å². The highest BCUT2D eigenvalue weighted by Gasteiger charge is 2.28. The van der Waals surface area contributed by atoms with E-state index in [1.165, 1.54) is 42.5 Å². The monoisotopic (exact) mass is 394 g/mol. The fourth-order valence-corrected chi connectivity index (χ4v) is 3.66. The molecule has 0 aromatic heterocycles. The third kappa shape index (κ3) is 3.33. The van der Waals surface area contributed by atoms with Crippen molar-refractivity contribution in [2.75, 3.05) is 0 Å². The van der Waals surface area contributed by atoms with Gasteiger partial charge in [-0.05, 0) is 65.9 Å². The summed E-state index contributed by atoms with van der Waals surface area (Å²) in [4.78, 5) is 13.2. The minimum Gasteiger partial charge on any atom is -0.508 e. The second-order valence-corrected chi connectivity index (χ2v) is 6.86. The van der Waals surface area contributed by atoms with E-state index in [2.05, 4.69) is 0 Å². The highest BCUT2D eigenvalue weighted by molar-refractivity contribution is 6.15. The van der Waals surface area contributed by atoms with Crippen LogP contribution in [-0.4, -0.2) is 21.1 Å². The number of carbonyl (C=O) groups is 1. The predicted octanol–water partition coefficient (Wildman–Crippen LogP) is 4.71. The van der Waals surface area contributed by atoms with Crippen molar-refractivity contribution < 1.29 is 28.9 Å². The first-order valence-corrected chi connectivity index (χ1v) is 8.92. The first-order valence-electron chi connectivity index (χ1n) is 8.92. The molecule has 4 nitrogen and oxygen atoms in total. The Morgan fingerprint density at radius 2 is 1.59 bits per heavy atom. The number of benzene rings is 3. The van der Waals surface area contributed by atoms with Gasteiger partial charge in [-0.15, -0.1) is 0 Å². The predicted molar refractivity (Wildman–Crippen MR) is 103 cm³/mol. The molecule has 0 unspecified atom stereocenters. The lowest BCUT2D eigenvalue weighted by atomic mass is 9.79.